The minimum absolute atomic E-state index is 0.0629. The molecule has 1 amide bonds. The molecule has 0 aliphatic carbocycles. The van der Waals surface area contributed by atoms with E-state index >= 15 is 0 Å². The Hall–Kier alpha value is -1.30. The third-order valence-electron chi connectivity index (χ3n) is 3.23. The van der Waals surface area contributed by atoms with E-state index in [1.807, 2.05) is 0 Å². The van der Waals surface area contributed by atoms with Crippen LogP contribution in [0.2, 0.25) is 5.02 Å². The van der Waals surface area contributed by atoms with Crippen LogP contribution in [0.5, 0.6) is 0 Å². The molecule has 0 fully saturated rings. The number of benzene rings is 1. The first-order valence-corrected chi connectivity index (χ1v) is 7.39. The van der Waals surface area contributed by atoms with Crippen LogP contribution >= 0.6 is 11.6 Å². The Morgan fingerprint density at radius 2 is 2.14 bits per heavy atom. The maximum Gasteiger partial charge on any atom is 0.225 e. The Labute approximate surface area is 131 Å². The average Bonchev–Trinajstić information content (AvgIpc) is 2.41. The first-order chi connectivity index (χ1) is 9.93. The van der Waals surface area contributed by atoms with Crippen molar-refractivity contribution in [2.75, 3.05) is 37.9 Å². The lowest BCUT2D eigenvalue weighted by atomic mass is 10.2. The van der Waals surface area contributed by atoms with Crippen LogP contribution in [0.25, 0.3) is 0 Å². The van der Waals surface area contributed by atoms with Gasteiger partial charge in [-0.2, -0.15) is 0 Å². The molecule has 118 valence electrons. The second kappa shape index (κ2) is 8.87. The molecule has 21 heavy (non-hydrogen) atoms. The number of rotatable bonds is 8. The summed E-state index contributed by atoms with van der Waals surface area (Å²) in [5.41, 5.74) is 6.88. The lowest BCUT2D eigenvalue weighted by molar-refractivity contribution is -0.116. The zero-order valence-electron chi connectivity index (χ0n) is 12.9. The smallest absolute Gasteiger partial charge is 0.225 e. The Kier molecular flexibility index (Phi) is 7.50. The summed E-state index contributed by atoms with van der Waals surface area (Å²) in [7, 11) is 1.68. The molecule has 0 radical (unpaired) electrons. The van der Waals surface area contributed by atoms with Gasteiger partial charge in [0.15, 0.2) is 0 Å². The van der Waals surface area contributed by atoms with E-state index in [0.29, 0.717) is 42.0 Å². The molecule has 0 spiro atoms. The van der Waals surface area contributed by atoms with Gasteiger partial charge in [0.2, 0.25) is 5.91 Å². The van der Waals surface area contributed by atoms with Crippen LogP contribution < -0.4 is 11.1 Å². The largest absolute Gasteiger partial charge is 0.397 e. The quantitative estimate of drug-likeness (QED) is 0.724. The van der Waals surface area contributed by atoms with Crippen molar-refractivity contribution in [1.82, 2.24) is 4.90 Å². The van der Waals surface area contributed by atoms with Crippen molar-refractivity contribution < 1.29 is 9.53 Å². The molecule has 0 atom stereocenters. The maximum absolute atomic E-state index is 12.0. The Morgan fingerprint density at radius 1 is 1.43 bits per heavy atom. The predicted molar refractivity (Wildman–Crippen MR) is 87.7 cm³/mol. The van der Waals surface area contributed by atoms with Crippen LogP contribution in [0.3, 0.4) is 0 Å². The molecular weight excluding hydrogens is 290 g/mol. The lowest BCUT2D eigenvalue weighted by Gasteiger charge is -2.25. The summed E-state index contributed by atoms with van der Waals surface area (Å²) in [4.78, 5) is 14.2. The Morgan fingerprint density at radius 3 is 2.71 bits per heavy atom. The molecule has 0 heterocycles. The molecule has 1 rings (SSSR count). The summed E-state index contributed by atoms with van der Waals surface area (Å²) in [6.45, 7) is 6.35. The summed E-state index contributed by atoms with van der Waals surface area (Å²) in [5, 5.41) is 3.36. The second-order valence-corrected chi connectivity index (χ2v) is 5.59. The van der Waals surface area contributed by atoms with E-state index in [1.165, 1.54) is 0 Å². The van der Waals surface area contributed by atoms with Gasteiger partial charge in [-0.1, -0.05) is 11.6 Å². The van der Waals surface area contributed by atoms with Crippen LogP contribution in [-0.2, 0) is 9.53 Å². The van der Waals surface area contributed by atoms with Gasteiger partial charge in [0.25, 0.3) is 0 Å². The van der Waals surface area contributed by atoms with Gasteiger partial charge in [-0.15, -0.1) is 0 Å². The first-order valence-electron chi connectivity index (χ1n) is 7.02. The molecule has 0 bridgehead atoms. The van der Waals surface area contributed by atoms with Crippen LogP contribution in [0.1, 0.15) is 20.3 Å². The number of carbonyl (C=O) groups excluding carboxylic acids is 1. The van der Waals surface area contributed by atoms with E-state index in [2.05, 4.69) is 24.1 Å². The summed E-state index contributed by atoms with van der Waals surface area (Å²) >= 11 is 5.83. The molecule has 1 aromatic carbocycles. The van der Waals surface area contributed by atoms with Crippen molar-refractivity contribution in [2.24, 2.45) is 0 Å². The summed E-state index contributed by atoms with van der Waals surface area (Å²) < 4.78 is 5.08. The molecule has 0 aliphatic heterocycles. The highest BCUT2D eigenvalue weighted by Crippen LogP contribution is 2.22. The van der Waals surface area contributed by atoms with Crippen molar-refractivity contribution in [3.05, 3.63) is 23.2 Å². The lowest BCUT2D eigenvalue weighted by Crippen LogP contribution is -2.36. The molecule has 0 unspecified atom stereocenters. The number of hydrogen-bond acceptors (Lipinski definition) is 4. The van der Waals surface area contributed by atoms with Gasteiger partial charge in [-0.05, 0) is 32.0 Å². The standard InChI is InChI=1S/C15H24ClN3O2/c1-11(2)19(8-9-21-3)7-6-15(20)18-14-5-4-12(16)10-13(14)17/h4-5,10-11H,6-9,17H2,1-3H3,(H,18,20). The normalized spacial score (nSPS) is 11.1. The third kappa shape index (κ3) is 6.33. The van der Waals surface area contributed by atoms with Crippen molar-refractivity contribution in [2.45, 2.75) is 26.3 Å². The number of nitrogen functional groups attached to an aromatic ring is 1. The number of anilines is 2. The Balaban J connectivity index is 2.49. The van der Waals surface area contributed by atoms with Crippen LogP contribution in [0, 0.1) is 0 Å². The minimum atomic E-state index is -0.0629. The highest BCUT2D eigenvalue weighted by atomic mass is 35.5. The van der Waals surface area contributed by atoms with Gasteiger partial charge in [0.05, 0.1) is 18.0 Å². The van der Waals surface area contributed by atoms with Crippen LogP contribution in [-0.4, -0.2) is 43.7 Å². The molecule has 6 heteroatoms. The summed E-state index contributed by atoms with van der Waals surface area (Å²) in [6.07, 6.45) is 0.407. The fourth-order valence-electron chi connectivity index (χ4n) is 1.94. The summed E-state index contributed by atoms with van der Waals surface area (Å²) in [6, 6.07) is 5.40. The number of amides is 1. The molecular formula is C15H24ClN3O2. The zero-order chi connectivity index (χ0) is 15.8. The first kappa shape index (κ1) is 17.8. The fraction of sp³-hybridized carbons (Fsp3) is 0.533. The van der Waals surface area contributed by atoms with E-state index in [4.69, 9.17) is 22.1 Å². The van der Waals surface area contributed by atoms with E-state index in [0.717, 1.165) is 6.54 Å². The average molecular weight is 314 g/mol. The SMILES string of the molecule is COCCN(CCC(=O)Nc1ccc(Cl)cc1N)C(C)C. The van der Waals surface area contributed by atoms with Crippen LogP contribution in [0.4, 0.5) is 11.4 Å². The highest BCUT2D eigenvalue weighted by molar-refractivity contribution is 6.31. The van der Waals surface area contributed by atoms with Gasteiger partial charge in [0.1, 0.15) is 0 Å². The zero-order valence-corrected chi connectivity index (χ0v) is 13.6. The molecule has 0 saturated carbocycles. The number of ether oxygens (including phenoxy) is 1. The minimum Gasteiger partial charge on any atom is -0.397 e. The molecule has 0 saturated heterocycles. The number of nitrogens with two attached hydrogens (primary N) is 1. The highest BCUT2D eigenvalue weighted by Gasteiger charge is 2.12. The molecule has 0 aromatic heterocycles. The fourth-order valence-corrected chi connectivity index (χ4v) is 2.12. The Bertz CT molecular complexity index is 466. The van der Waals surface area contributed by atoms with Crippen molar-refractivity contribution >= 4 is 28.9 Å². The van der Waals surface area contributed by atoms with E-state index < -0.39 is 0 Å². The van der Waals surface area contributed by atoms with Crippen molar-refractivity contribution in [3.8, 4) is 0 Å². The number of carbonyl (C=O) groups is 1. The second-order valence-electron chi connectivity index (χ2n) is 5.15. The summed E-state index contributed by atoms with van der Waals surface area (Å²) in [5.74, 6) is -0.0629. The van der Waals surface area contributed by atoms with E-state index in [1.54, 1.807) is 25.3 Å². The van der Waals surface area contributed by atoms with Gasteiger partial charge in [-0.3, -0.25) is 9.69 Å². The number of nitrogens with zero attached hydrogens (tertiary/aromatic N) is 1. The topological polar surface area (TPSA) is 67.6 Å². The number of halogens is 1. The van der Waals surface area contributed by atoms with Crippen molar-refractivity contribution in [3.63, 3.8) is 0 Å². The van der Waals surface area contributed by atoms with Gasteiger partial charge in [-0.25, -0.2) is 0 Å². The van der Waals surface area contributed by atoms with E-state index in [9.17, 15) is 4.79 Å². The van der Waals surface area contributed by atoms with Gasteiger partial charge >= 0.3 is 0 Å². The van der Waals surface area contributed by atoms with Gasteiger partial charge in [0, 0.05) is 37.7 Å². The number of methoxy groups -OCH3 is 1. The van der Waals surface area contributed by atoms with Crippen LogP contribution in [0.15, 0.2) is 18.2 Å². The molecule has 5 nitrogen and oxygen atoms in total. The number of hydrogen-bond donors (Lipinski definition) is 2. The molecule has 3 N–H and O–H groups in total. The van der Waals surface area contributed by atoms with E-state index in [-0.39, 0.29) is 5.91 Å². The maximum atomic E-state index is 12.0. The molecule has 0 aliphatic rings. The molecule has 1 aromatic rings. The van der Waals surface area contributed by atoms with Gasteiger partial charge < -0.3 is 15.8 Å². The monoisotopic (exact) mass is 313 g/mol. The third-order valence-corrected chi connectivity index (χ3v) is 3.46. The predicted octanol–water partition coefficient (Wildman–Crippen LogP) is 2.61. The van der Waals surface area contributed by atoms with Crippen molar-refractivity contribution in [1.29, 1.82) is 0 Å². The number of nitrogens with one attached hydrogen (secondary N) is 1.